The highest BCUT2D eigenvalue weighted by Gasteiger charge is 2.58. The molecule has 112 heavy (non-hydrogen) atoms. The summed E-state index contributed by atoms with van der Waals surface area (Å²) in [4.78, 5) is 61.5. The van der Waals surface area contributed by atoms with E-state index in [1.165, 1.54) is 42.2 Å². The molecule has 3 aliphatic heterocycles. The van der Waals surface area contributed by atoms with Crippen molar-refractivity contribution >= 4 is 137 Å². The fourth-order valence-electron chi connectivity index (χ4n) is 13.2. The van der Waals surface area contributed by atoms with Crippen molar-refractivity contribution in [2.75, 3.05) is 43.7 Å². The summed E-state index contributed by atoms with van der Waals surface area (Å²) in [6.45, 7) is 7.53. The van der Waals surface area contributed by atoms with E-state index in [1.807, 2.05) is 91.9 Å². The summed E-state index contributed by atoms with van der Waals surface area (Å²) in [5.74, 6) is -0.0249. The molecule has 43 heteroatoms. The van der Waals surface area contributed by atoms with Gasteiger partial charge in [-0.2, -0.15) is 27.0 Å². The number of methoxy groups -OCH3 is 1. The van der Waals surface area contributed by atoms with Crippen LogP contribution in [-0.2, 0) is 38.4 Å². The van der Waals surface area contributed by atoms with E-state index < -0.39 is 128 Å². The molecule has 7 aromatic rings. The van der Waals surface area contributed by atoms with Crippen LogP contribution in [-0.4, -0.2) is 142 Å². The predicted molar refractivity (Wildman–Crippen MR) is 469 cm³/mol. The van der Waals surface area contributed by atoms with Crippen LogP contribution in [0.5, 0.6) is 11.5 Å². The fraction of sp³-hybridized carbons (Fsp3) is 0.464. The Kier molecular flexibility index (Phi) is 36.8. The zero-order valence-electron chi connectivity index (χ0n) is 62.4. The predicted octanol–water partition coefficient (Wildman–Crippen LogP) is 15.2. The first-order chi connectivity index (χ1) is 53.3. The van der Waals surface area contributed by atoms with Crippen molar-refractivity contribution in [1.82, 2.24) is 33.7 Å². The molecule has 9 unspecified atom stereocenters. The number of ether oxygens (including phenoxy) is 5. The molecule has 10 N–H and O–H groups in total. The van der Waals surface area contributed by atoms with Crippen molar-refractivity contribution in [3.05, 3.63) is 200 Å². The van der Waals surface area contributed by atoms with Crippen LogP contribution >= 0.6 is 113 Å². The highest BCUT2D eigenvalue weighted by molar-refractivity contribution is 9.24. The number of hydrogen-bond acceptors (Lipinski definition) is 22. The number of alkyl halides is 3. The van der Waals surface area contributed by atoms with E-state index >= 15 is 8.78 Å². The van der Waals surface area contributed by atoms with Crippen LogP contribution in [0.4, 0.5) is 30.6 Å². The third-order valence-electron chi connectivity index (χ3n) is 19.7. The minimum Gasteiger partial charge on any atom is -0.497 e. The second-order valence-electron chi connectivity index (χ2n) is 26.5. The molecule has 0 amide bonds. The molecule has 22 atom stereocenters. The van der Waals surface area contributed by atoms with Gasteiger partial charge in [0.05, 0.1) is 32.5 Å². The van der Waals surface area contributed by atoms with Gasteiger partial charge in [0.2, 0.25) is 0 Å². The lowest BCUT2D eigenvalue weighted by molar-refractivity contribution is -0.152. The quantitative estimate of drug-likeness (QED) is 0.0128. The summed E-state index contributed by atoms with van der Waals surface area (Å²) < 4.78 is 101. The maximum Gasteiger partial charge on any atom is 0.459 e. The molecule has 3 aromatic heterocycles. The summed E-state index contributed by atoms with van der Waals surface area (Å²) >= 11 is 0. The van der Waals surface area contributed by atoms with Gasteiger partial charge in [0.1, 0.15) is 70.0 Å². The van der Waals surface area contributed by atoms with Crippen LogP contribution in [0.1, 0.15) is 121 Å². The summed E-state index contributed by atoms with van der Waals surface area (Å²) in [5, 5.41) is 46.2. The molecule has 0 bridgehead atoms. The van der Waals surface area contributed by atoms with E-state index in [-0.39, 0.29) is 77.9 Å². The second-order valence-corrected chi connectivity index (χ2v) is 74.8. The fourth-order valence-corrected chi connectivity index (χ4v) is 136. The summed E-state index contributed by atoms with van der Waals surface area (Å²) in [7, 11) is 19.9. The van der Waals surface area contributed by atoms with E-state index in [4.69, 9.17) is 44.2 Å². The smallest absolute Gasteiger partial charge is 0.459 e. The van der Waals surface area contributed by atoms with Crippen LogP contribution in [0, 0.1) is 5.92 Å². The average molecular weight is 1820 g/mol. The van der Waals surface area contributed by atoms with E-state index in [1.54, 1.807) is 72.2 Å². The number of aliphatic hydroxyl groups excluding tert-OH is 4. The third kappa shape index (κ3) is 22.8. The first kappa shape index (κ1) is 94.7. The Hall–Kier alpha value is -2.76. The van der Waals surface area contributed by atoms with E-state index in [0.717, 1.165) is 63.7 Å². The Labute approximate surface area is 673 Å². The van der Waals surface area contributed by atoms with Crippen molar-refractivity contribution in [1.29, 1.82) is 0 Å². The molecule has 1 aliphatic carbocycles. The van der Waals surface area contributed by atoms with Crippen molar-refractivity contribution in [3.8, 4) is 11.5 Å². The van der Waals surface area contributed by atoms with Gasteiger partial charge in [-0.05, 0) is 132 Å². The lowest BCUT2D eigenvalue weighted by atomic mass is 9.77. The monoisotopic (exact) mass is 1820 g/mol. The number of nitrogen functional groups attached to an aromatic ring is 2. The number of aliphatic hydroxyl groups is 4. The normalized spacial score (nSPS) is 25.7. The Morgan fingerprint density at radius 3 is 1.49 bits per heavy atom. The lowest BCUT2D eigenvalue weighted by Gasteiger charge is -2.43. The van der Waals surface area contributed by atoms with Crippen molar-refractivity contribution < 1.29 is 75.7 Å². The Bertz CT molecular complexity index is 4330. The van der Waals surface area contributed by atoms with Gasteiger partial charge in [0.15, 0.2) is 37.2 Å². The third-order valence-corrected chi connectivity index (χ3v) is 91.9. The Morgan fingerprint density at radius 2 is 1.08 bits per heavy atom. The number of rotatable bonds is 28. The summed E-state index contributed by atoms with van der Waals surface area (Å²) in [6.07, 6.45) is -3.73. The van der Waals surface area contributed by atoms with Crippen LogP contribution in [0.25, 0.3) is 0 Å². The number of esters is 1. The Balaban J connectivity index is 0.000000204. The second kappa shape index (κ2) is 43.5. The number of nitrogens with two attached hydrogens (primary N) is 2. The van der Waals surface area contributed by atoms with Crippen molar-refractivity contribution in [2.24, 2.45) is 5.92 Å². The number of carbonyl (C=O) groups excluding carboxylic acids is 1. The molecule has 6 heterocycles. The average Bonchev–Trinajstić information content (AvgIpc) is 0.825. The number of para-hydroxylation sites is 1. The molecule has 4 aliphatic rings. The molecule has 4 fully saturated rings. The van der Waals surface area contributed by atoms with Gasteiger partial charge in [0.25, 0.3) is 0 Å². The number of halogens is 3. The number of benzene rings is 4. The summed E-state index contributed by atoms with van der Waals surface area (Å²) in [6, 6.07) is 38.9. The van der Waals surface area contributed by atoms with Crippen molar-refractivity contribution in [3.63, 3.8) is 0 Å². The van der Waals surface area contributed by atoms with E-state index in [9.17, 15) is 48.6 Å². The van der Waals surface area contributed by atoms with E-state index in [2.05, 4.69) is 87.9 Å². The highest BCUT2D eigenvalue weighted by Crippen LogP contribution is 3.18. The molecule has 3 saturated heterocycles. The SMILES string of the molecule is CC[C@]1(CO)O[C@@H](n2ccc(N)nc2=O)[C@H](F)[C@@H]1O.CC[C@]1(CO)O[C@@H](n2ccc(NC(c3ccccc3)(c3ccccc3)c3ccc(OC)cc3)nc2=O)[C@H](F)[C@@H]1C.CC[C@]1(COP(=O)(N[C@@H](C)C(=O)OC2CCCCC2)Oc2ccccc2)O[C@@H](n2ccc(N)nc2=O)[C@H](F)[C@@H]1O.P[P-]P(P(P)P)P(P(P)P)P(P)P. The molecule has 0 spiro atoms. The van der Waals surface area contributed by atoms with Gasteiger partial charge in [-0.25, -0.2) is 32.1 Å². The molecule has 11 rings (SSSR count). The van der Waals surface area contributed by atoms with Gasteiger partial charge in [-0.15, -0.1) is 53.6 Å². The topological polar surface area (TPSA) is 360 Å². The first-order valence-electron chi connectivity index (χ1n) is 35.5. The van der Waals surface area contributed by atoms with Gasteiger partial charge in [-0.1, -0.05) is 132 Å². The molecule has 26 nitrogen and oxygen atoms in total. The number of nitrogens with one attached hydrogen (secondary N) is 2. The highest BCUT2D eigenvalue weighted by atomic mass is 33.3. The molecule has 614 valence electrons. The molecule has 0 radical (unpaired) electrons. The van der Waals surface area contributed by atoms with E-state index in [0.29, 0.717) is 12.2 Å². The number of anilines is 3. The number of carbonyl (C=O) groups is 1. The minimum atomic E-state index is -4.33. The summed E-state index contributed by atoms with van der Waals surface area (Å²) in [5.41, 5.74) is 6.26. The maximum atomic E-state index is 15.4. The maximum absolute atomic E-state index is 15.4. The number of hydrogen-bond donors (Lipinski definition) is 8. The first-order valence-corrected chi connectivity index (χ1v) is 59.5. The van der Waals surface area contributed by atoms with Crippen LogP contribution in [0.15, 0.2) is 166 Å². The Morgan fingerprint density at radius 1 is 0.643 bits per heavy atom. The lowest BCUT2D eigenvalue weighted by Crippen LogP contribution is -2.46. The van der Waals surface area contributed by atoms with Gasteiger partial charge >= 0.3 is 30.8 Å². The largest absolute Gasteiger partial charge is 0.497 e. The molecule has 1 saturated carbocycles. The van der Waals surface area contributed by atoms with Gasteiger partial charge in [0, 0.05) is 24.5 Å². The van der Waals surface area contributed by atoms with Crippen molar-refractivity contribution in [2.45, 2.75) is 170 Å². The van der Waals surface area contributed by atoms with Crippen LogP contribution in [0.3, 0.4) is 0 Å². The number of aromatic nitrogens is 6. The molecule has 4 aromatic carbocycles. The van der Waals surface area contributed by atoms with Gasteiger partial charge < -0.3 is 73.4 Å². The zero-order chi connectivity index (χ0) is 82.0. The standard InChI is InChI=1S/C32H34FN3O4.C26H36FN4O8P.C11H16FN3O4.H14P13/c1-4-31(21-37)22(2)28(33)29(40-31)36-20-19-27(34-30(36)38)35-32(23-11-7-5-8-12-23,24-13-9-6-10-14-24)25-15-17-26(39-3)18-16-25;1-3-26(22(32)21(27)23(38-26)31-15-14-20(28)29-25(31)34)16-36-40(35,39-19-12-8-5-9-13-19)30-17(2)24(33)37-18-10-6-4-7-11-18;1-2-11(5-16)8(17)7(12)9(19-11)15-4-3-6(13)14-10(15)18;1-8-12(9(2)3)13(10(4)5)11(6)7/h5-20,22,28-29,37H,4,21H2,1-3H3,(H,34,35,38);5,8-9,12-15,17-18,21-23,32H,3-4,6-7,10-11,16H2,1-2H3,(H,30,35)(H2,28,29,34);3-4,7-9,16-17H,2,5H2,1H3,(H2,13,14,18);1-7H2/q;;;-1/t22-,28+,29+,31+;17-,21+,22-,23+,26+,40?;7-,8+,9-,11-;/m001./s1. The molecular formula is C69H100F3N10O16P14-. The minimum absolute atomic E-state index is 0.0131. The van der Waals surface area contributed by atoms with Crippen LogP contribution in [0.2, 0.25) is 0 Å². The molecular weight excluding hydrogens is 1720 g/mol. The van der Waals surface area contributed by atoms with Crippen LogP contribution < -0.4 is 48.2 Å². The van der Waals surface area contributed by atoms with Gasteiger partial charge in [-0.3, -0.25) is 31.9 Å². The number of nitrogens with zero attached hydrogens (tertiary/aromatic N) is 6. The zero-order valence-corrected chi connectivity index (χ0v) is 76.7.